The molecule has 0 radical (unpaired) electrons. The van der Waals surface area contributed by atoms with Gasteiger partial charge in [-0.2, -0.15) is 0 Å². The number of amides is 2. The Morgan fingerprint density at radius 3 is 2.47 bits per heavy atom. The molecule has 1 atom stereocenters. The summed E-state index contributed by atoms with van der Waals surface area (Å²) >= 11 is 0. The van der Waals surface area contributed by atoms with Crippen LogP contribution in [0, 0.1) is 6.92 Å². The largest absolute Gasteiger partial charge is 0.481 e. The average Bonchev–Trinajstić information content (AvgIpc) is 2.79. The number of nitrogens with one attached hydrogen (secondary N) is 1. The van der Waals surface area contributed by atoms with Crippen LogP contribution in [-0.4, -0.2) is 64.9 Å². The van der Waals surface area contributed by atoms with Gasteiger partial charge in [-0.3, -0.25) is 9.59 Å². The lowest BCUT2D eigenvalue weighted by Gasteiger charge is -2.33. The van der Waals surface area contributed by atoms with Gasteiger partial charge >= 0.3 is 0 Å². The first-order chi connectivity index (χ1) is 15.3. The predicted octanol–water partition coefficient (Wildman–Crippen LogP) is 2.98. The number of carbonyl (C=O) groups is 2. The van der Waals surface area contributed by atoms with Crippen molar-refractivity contribution in [2.75, 3.05) is 32.5 Å². The highest BCUT2D eigenvalue weighted by Gasteiger charge is 2.28. The van der Waals surface area contributed by atoms with Crippen LogP contribution in [0.15, 0.2) is 30.3 Å². The molecule has 0 spiro atoms. The smallest absolute Gasteiger partial charge is 0.263 e. The van der Waals surface area contributed by atoms with E-state index in [2.05, 4.69) is 10.3 Å². The van der Waals surface area contributed by atoms with Crippen LogP contribution in [0.1, 0.15) is 49.7 Å². The summed E-state index contributed by atoms with van der Waals surface area (Å²) in [4.78, 5) is 37.1. The zero-order valence-corrected chi connectivity index (χ0v) is 19.6. The summed E-state index contributed by atoms with van der Waals surface area (Å²) in [6, 6.07) is 9.69. The van der Waals surface area contributed by atoms with Crippen molar-refractivity contribution in [3.63, 3.8) is 0 Å². The molecule has 2 amide bonds. The van der Waals surface area contributed by atoms with Gasteiger partial charge in [-0.25, -0.2) is 9.97 Å². The fourth-order valence-corrected chi connectivity index (χ4v) is 3.77. The van der Waals surface area contributed by atoms with Crippen molar-refractivity contribution in [2.24, 2.45) is 0 Å². The van der Waals surface area contributed by atoms with Crippen molar-refractivity contribution in [1.82, 2.24) is 19.8 Å². The van der Waals surface area contributed by atoms with Gasteiger partial charge in [-0.15, -0.1) is 0 Å². The minimum Gasteiger partial charge on any atom is -0.481 e. The van der Waals surface area contributed by atoms with Gasteiger partial charge in [0.2, 0.25) is 5.91 Å². The number of hydrogen-bond donors (Lipinski definition) is 1. The van der Waals surface area contributed by atoms with Crippen LogP contribution in [0.2, 0.25) is 0 Å². The van der Waals surface area contributed by atoms with E-state index in [0.717, 1.165) is 29.9 Å². The molecule has 8 nitrogen and oxygen atoms in total. The Morgan fingerprint density at radius 2 is 1.88 bits per heavy atom. The Morgan fingerprint density at radius 1 is 1.22 bits per heavy atom. The van der Waals surface area contributed by atoms with E-state index in [1.165, 1.54) is 6.92 Å². The molecule has 1 saturated heterocycles. The highest BCUT2D eigenvalue weighted by molar-refractivity contribution is 5.81. The molecule has 1 N–H and O–H groups in total. The number of ether oxygens (including phenoxy) is 1. The molecule has 1 aromatic carbocycles. The fraction of sp³-hybridized carbons (Fsp3) is 0.500. The van der Waals surface area contributed by atoms with Gasteiger partial charge in [0.1, 0.15) is 17.4 Å². The Kier molecular flexibility index (Phi) is 7.66. The summed E-state index contributed by atoms with van der Waals surface area (Å²) in [5.74, 6) is 2.27. The molecule has 2 heterocycles. The van der Waals surface area contributed by atoms with Gasteiger partial charge < -0.3 is 19.9 Å². The molecule has 32 heavy (non-hydrogen) atoms. The van der Waals surface area contributed by atoms with Crippen LogP contribution in [0.3, 0.4) is 0 Å². The number of hydrogen-bond acceptors (Lipinski definition) is 6. The van der Waals surface area contributed by atoms with Gasteiger partial charge in [0, 0.05) is 51.8 Å². The first kappa shape index (κ1) is 23.5. The third-order valence-electron chi connectivity index (χ3n) is 5.87. The maximum atomic E-state index is 12.9. The van der Waals surface area contributed by atoms with Crippen LogP contribution in [0.25, 0.3) is 0 Å². The number of anilines is 1. The predicted molar refractivity (Wildman–Crippen MR) is 124 cm³/mol. The second-order valence-electron chi connectivity index (χ2n) is 8.39. The zero-order valence-electron chi connectivity index (χ0n) is 19.6. The summed E-state index contributed by atoms with van der Waals surface area (Å²) in [6.07, 6.45) is 1.12. The lowest BCUT2D eigenvalue weighted by molar-refractivity contribution is -0.139. The Labute approximate surface area is 190 Å². The number of benzene rings is 1. The van der Waals surface area contributed by atoms with Crippen LogP contribution < -0.4 is 10.1 Å². The van der Waals surface area contributed by atoms with Crippen molar-refractivity contribution in [1.29, 1.82) is 0 Å². The van der Waals surface area contributed by atoms with Crippen molar-refractivity contribution >= 4 is 17.6 Å². The molecule has 1 fully saturated rings. The molecule has 1 aliphatic heterocycles. The SMILES string of the molecule is CNc1cc(C2CCN(C(=O)[C@H](C)Oc3ccc(C)cc3)CC2)nc(CN(C)C(C)=O)n1. The van der Waals surface area contributed by atoms with Gasteiger partial charge in [0.15, 0.2) is 6.10 Å². The van der Waals surface area contributed by atoms with Crippen LogP contribution in [0.4, 0.5) is 5.82 Å². The van der Waals surface area contributed by atoms with Crippen molar-refractivity contribution in [3.05, 3.63) is 47.4 Å². The molecule has 0 saturated carbocycles. The number of rotatable bonds is 7. The molecule has 1 aliphatic rings. The highest BCUT2D eigenvalue weighted by Crippen LogP contribution is 2.28. The minimum atomic E-state index is -0.530. The van der Waals surface area contributed by atoms with E-state index in [-0.39, 0.29) is 17.7 Å². The first-order valence-electron chi connectivity index (χ1n) is 11.1. The average molecular weight is 440 g/mol. The minimum absolute atomic E-state index is 0.00592. The van der Waals surface area contributed by atoms with Crippen molar-refractivity contribution in [2.45, 2.75) is 52.2 Å². The lowest BCUT2D eigenvalue weighted by atomic mass is 9.93. The second kappa shape index (κ2) is 10.4. The van der Waals surface area contributed by atoms with Gasteiger partial charge in [0.05, 0.1) is 6.54 Å². The molecule has 1 aromatic heterocycles. The summed E-state index contributed by atoms with van der Waals surface area (Å²) in [6.45, 7) is 7.03. The number of aromatic nitrogens is 2. The quantitative estimate of drug-likeness (QED) is 0.714. The molecule has 0 unspecified atom stereocenters. The van der Waals surface area contributed by atoms with Crippen LogP contribution in [0.5, 0.6) is 5.75 Å². The maximum absolute atomic E-state index is 12.9. The Balaban J connectivity index is 1.61. The number of aryl methyl sites for hydroxylation is 1. The maximum Gasteiger partial charge on any atom is 0.263 e. The first-order valence-corrected chi connectivity index (χ1v) is 11.1. The summed E-state index contributed by atoms with van der Waals surface area (Å²) in [5.41, 5.74) is 2.10. The summed E-state index contributed by atoms with van der Waals surface area (Å²) < 4.78 is 5.85. The summed E-state index contributed by atoms with van der Waals surface area (Å²) in [5, 5.41) is 3.08. The number of likely N-dealkylation sites (tertiary alicyclic amines) is 1. The van der Waals surface area contributed by atoms with Crippen LogP contribution >= 0.6 is 0 Å². The van der Waals surface area contributed by atoms with Crippen LogP contribution in [-0.2, 0) is 16.1 Å². The number of piperidine rings is 1. The molecule has 0 aliphatic carbocycles. The zero-order chi connectivity index (χ0) is 23.3. The van der Waals surface area contributed by atoms with E-state index < -0.39 is 6.10 Å². The normalized spacial score (nSPS) is 15.2. The molecule has 8 heteroatoms. The molecular weight excluding hydrogens is 406 g/mol. The highest BCUT2D eigenvalue weighted by atomic mass is 16.5. The number of carbonyl (C=O) groups excluding carboxylic acids is 2. The molecule has 3 rings (SSSR count). The molecule has 2 aromatic rings. The van der Waals surface area contributed by atoms with E-state index in [1.54, 1.807) is 18.9 Å². The van der Waals surface area contributed by atoms with Gasteiger partial charge in [-0.1, -0.05) is 17.7 Å². The monoisotopic (exact) mass is 439 g/mol. The lowest BCUT2D eigenvalue weighted by Crippen LogP contribution is -2.44. The van der Waals surface area contributed by atoms with E-state index in [4.69, 9.17) is 9.72 Å². The van der Waals surface area contributed by atoms with E-state index >= 15 is 0 Å². The van der Waals surface area contributed by atoms with E-state index in [0.29, 0.717) is 31.2 Å². The van der Waals surface area contributed by atoms with Gasteiger partial charge in [-0.05, 0) is 38.8 Å². The fourth-order valence-electron chi connectivity index (χ4n) is 3.77. The van der Waals surface area contributed by atoms with Crippen molar-refractivity contribution < 1.29 is 14.3 Å². The second-order valence-corrected chi connectivity index (χ2v) is 8.39. The Bertz CT molecular complexity index is 939. The molecular formula is C24H33N5O3. The Hall–Kier alpha value is -3.16. The molecule has 0 bridgehead atoms. The standard InChI is InChI=1S/C24H33N5O3/c1-16-6-8-20(9-7-16)32-17(2)24(31)29-12-10-19(11-13-29)21-14-22(25-4)27-23(26-21)15-28(5)18(3)30/h6-9,14,17,19H,10-13,15H2,1-5H3,(H,25,26,27)/t17-/m0/s1. The summed E-state index contributed by atoms with van der Waals surface area (Å²) in [7, 11) is 3.56. The third kappa shape index (κ3) is 5.96. The molecule has 172 valence electrons. The third-order valence-corrected chi connectivity index (χ3v) is 5.87. The number of nitrogens with zero attached hydrogens (tertiary/aromatic N) is 4. The van der Waals surface area contributed by atoms with E-state index in [9.17, 15) is 9.59 Å². The topological polar surface area (TPSA) is 87.7 Å². The van der Waals surface area contributed by atoms with Gasteiger partial charge in [0.25, 0.3) is 5.91 Å². The van der Waals surface area contributed by atoms with Crippen molar-refractivity contribution in [3.8, 4) is 5.75 Å². The van der Waals surface area contributed by atoms with E-state index in [1.807, 2.05) is 49.2 Å².